The van der Waals surface area contributed by atoms with E-state index in [1.165, 1.54) is 11.8 Å². The van der Waals surface area contributed by atoms with Crippen LogP contribution in [0.5, 0.6) is 0 Å². The molecule has 0 aliphatic carbocycles. The molecule has 1 atom stereocenters. The zero-order chi connectivity index (χ0) is 16.4. The number of thioether (sulfide) groups is 1. The first-order valence-corrected chi connectivity index (χ1v) is 9.57. The van der Waals surface area contributed by atoms with Crippen LogP contribution in [0, 0.1) is 5.92 Å². The Labute approximate surface area is 134 Å². The minimum Gasteiger partial charge on any atom is -0.378 e. The molecule has 7 heteroatoms. The van der Waals surface area contributed by atoms with E-state index < -0.39 is 8.53 Å². The summed E-state index contributed by atoms with van der Waals surface area (Å²) in [6.45, 7) is 13.2. The Bertz CT molecular complexity index is 282. The van der Waals surface area contributed by atoms with Crippen molar-refractivity contribution in [1.29, 1.82) is 0 Å². The Morgan fingerprint density at radius 1 is 1.10 bits per heavy atom. The average molecular weight is 339 g/mol. The summed E-state index contributed by atoms with van der Waals surface area (Å²) in [4.78, 5) is 21.4. The molecule has 21 heavy (non-hydrogen) atoms. The molecule has 0 heterocycles. The molecule has 0 aromatic rings. The van der Waals surface area contributed by atoms with E-state index >= 15 is 0 Å². The molecule has 0 aromatic carbocycles. The predicted molar refractivity (Wildman–Crippen MR) is 90.3 cm³/mol. The third-order valence-corrected chi connectivity index (χ3v) is 5.49. The van der Waals surface area contributed by atoms with Crippen molar-refractivity contribution in [2.45, 2.75) is 53.6 Å². The molecular weight excluding hydrogens is 309 g/mol. The first-order chi connectivity index (χ1) is 9.77. The summed E-state index contributed by atoms with van der Waals surface area (Å²) in [7, 11) is -1.57. The molecule has 0 aromatic heterocycles. The van der Waals surface area contributed by atoms with Gasteiger partial charge in [0.1, 0.15) is 0 Å². The van der Waals surface area contributed by atoms with Crippen LogP contribution in [0.1, 0.15) is 41.5 Å². The number of carbonyl (C=O) groups excluding carboxylic acids is 1. The highest BCUT2D eigenvalue weighted by Gasteiger charge is 2.23. The van der Waals surface area contributed by atoms with Crippen molar-refractivity contribution >= 4 is 25.4 Å². The van der Waals surface area contributed by atoms with E-state index in [-0.39, 0.29) is 23.1 Å². The third kappa shape index (κ3) is 9.82. The first-order valence-electron chi connectivity index (χ1n) is 7.41. The number of rotatable bonds is 11. The van der Waals surface area contributed by atoms with E-state index in [9.17, 15) is 9.69 Å². The molecule has 0 aliphatic heterocycles. The molecular formula is C14H30NO4PS. The van der Waals surface area contributed by atoms with E-state index in [4.69, 9.17) is 9.26 Å². The molecule has 0 saturated carbocycles. The quantitative estimate of drug-likeness (QED) is 0.460. The van der Waals surface area contributed by atoms with Crippen molar-refractivity contribution in [3.63, 3.8) is 0 Å². The van der Waals surface area contributed by atoms with E-state index in [1.807, 2.05) is 46.2 Å². The summed E-state index contributed by atoms with van der Waals surface area (Å²) >= 11 is 1.30. The lowest BCUT2D eigenvalue weighted by molar-refractivity contribution is -0.113. The van der Waals surface area contributed by atoms with Crippen LogP contribution in [0.3, 0.4) is 0 Å². The van der Waals surface area contributed by atoms with Crippen molar-refractivity contribution in [3.8, 4) is 0 Å². The standard InChI is InChI=1S/C14H30NO4PS/c1-11(2)14(16)21-10-9-18-7-8-19-20(17)15(12(3)4)13(5)6/h11-13,17H,7-10H2,1-6H3. The Balaban J connectivity index is 3.69. The average Bonchev–Trinajstić information content (AvgIpc) is 2.36. The van der Waals surface area contributed by atoms with E-state index in [2.05, 4.69) is 0 Å². The number of hydrogen-bond acceptors (Lipinski definition) is 6. The van der Waals surface area contributed by atoms with Crippen molar-refractivity contribution in [2.24, 2.45) is 5.92 Å². The second-order valence-electron chi connectivity index (χ2n) is 5.59. The van der Waals surface area contributed by atoms with Gasteiger partial charge in [-0.2, -0.15) is 0 Å². The fourth-order valence-corrected chi connectivity index (χ4v) is 3.60. The van der Waals surface area contributed by atoms with Gasteiger partial charge in [0.15, 0.2) is 5.12 Å². The zero-order valence-electron chi connectivity index (χ0n) is 14.0. The zero-order valence-corrected chi connectivity index (χ0v) is 15.7. The van der Waals surface area contributed by atoms with Gasteiger partial charge in [-0.3, -0.25) is 4.79 Å². The van der Waals surface area contributed by atoms with E-state index in [0.29, 0.717) is 25.6 Å². The number of carbonyl (C=O) groups is 1. The molecule has 0 aliphatic rings. The summed E-state index contributed by atoms with van der Waals surface area (Å²) < 4.78 is 12.8. The van der Waals surface area contributed by atoms with Gasteiger partial charge >= 0.3 is 0 Å². The van der Waals surface area contributed by atoms with Crippen LogP contribution in [-0.4, -0.2) is 52.3 Å². The lowest BCUT2D eigenvalue weighted by Crippen LogP contribution is -2.33. The fourth-order valence-electron chi connectivity index (χ4n) is 1.71. The maximum atomic E-state index is 11.4. The smallest absolute Gasteiger partial charge is 0.256 e. The topological polar surface area (TPSA) is 59.0 Å². The molecule has 1 unspecified atom stereocenters. The van der Waals surface area contributed by atoms with Gasteiger partial charge in [0.25, 0.3) is 8.53 Å². The van der Waals surface area contributed by atoms with Gasteiger partial charge in [-0.15, -0.1) is 0 Å². The maximum absolute atomic E-state index is 11.4. The SMILES string of the molecule is CC(C)C(=O)SCCOCCOP(O)N(C(C)C)C(C)C. The van der Waals surface area contributed by atoms with Crippen molar-refractivity contribution in [1.82, 2.24) is 4.67 Å². The summed E-state index contributed by atoms with van der Waals surface area (Å²) in [5.74, 6) is 0.726. The number of nitrogens with zero attached hydrogens (tertiary/aromatic N) is 1. The minimum absolute atomic E-state index is 0.0642. The fraction of sp³-hybridized carbons (Fsp3) is 0.929. The Hall–Kier alpha value is 0.290. The van der Waals surface area contributed by atoms with Crippen molar-refractivity contribution in [3.05, 3.63) is 0 Å². The van der Waals surface area contributed by atoms with Crippen LogP contribution < -0.4 is 0 Å². The Morgan fingerprint density at radius 2 is 1.67 bits per heavy atom. The Morgan fingerprint density at radius 3 is 2.14 bits per heavy atom. The van der Waals surface area contributed by atoms with Crippen LogP contribution in [0.4, 0.5) is 0 Å². The predicted octanol–water partition coefficient (Wildman–Crippen LogP) is 3.27. The van der Waals surface area contributed by atoms with Crippen LogP contribution >= 0.6 is 20.3 Å². The van der Waals surface area contributed by atoms with Gasteiger partial charge in [0.2, 0.25) is 0 Å². The third-order valence-electron chi connectivity index (χ3n) is 2.63. The summed E-state index contributed by atoms with van der Waals surface area (Å²) in [6.07, 6.45) is 0. The summed E-state index contributed by atoms with van der Waals surface area (Å²) in [5, 5.41) is 0.193. The Kier molecular flexibility index (Phi) is 12.0. The molecule has 0 saturated heterocycles. The van der Waals surface area contributed by atoms with Crippen molar-refractivity contribution < 1.29 is 18.9 Å². The first kappa shape index (κ1) is 21.3. The molecule has 0 rings (SSSR count). The van der Waals surface area contributed by atoms with Crippen LogP contribution in [0.2, 0.25) is 0 Å². The van der Waals surface area contributed by atoms with E-state index in [1.54, 1.807) is 0 Å². The van der Waals surface area contributed by atoms with Crippen LogP contribution in [0.25, 0.3) is 0 Å². The van der Waals surface area contributed by atoms with Gasteiger partial charge in [0, 0.05) is 23.8 Å². The maximum Gasteiger partial charge on any atom is 0.256 e. The van der Waals surface area contributed by atoms with Crippen molar-refractivity contribution in [2.75, 3.05) is 25.6 Å². The summed E-state index contributed by atoms with van der Waals surface area (Å²) in [5.41, 5.74) is 0. The highest BCUT2D eigenvalue weighted by Crippen LogP contribution is 2.40. The minimum atomic E-state index is -1.57. The molecule has 126 valence electrons. The largest absolute Gasteiger partial charge is 0.378 e. The van der Waals surface area contributed by atoms with Gasteiger partial charge in [-0.25, -0.2) is 4.67 Å². The molecule has 5 nitrogen and oxygen atoms in total. The number of ether oxygens (including phenoxy) is 1. The van der Waals surface area contributed by atoms with E-state index in [0.717, 1.165) is 0 Å². The molecule has 0 spiro atoms. The van der Waals surface area contributed by atoms with Gasteiger partial charge in [-0.1, -0.05) is 25.6 Å². The second kappa shape index (κ2) is 11.8. The monoisotopic (exact) mass is 339 g/mol. The van der Waals surface area contributed by atoms with Gasteiger partial charge in [0.05, 0.1) is 19.8 Å². The number of hydrogen-bond donors (Lipinski definition) is 1. The lowest BCUT2D eigenvalue weighted by atomic mass is 10.3. The normalized spacial score (nSPS) is 13.7. The van der Waals surface area contributed by atoms with Gasteiger partial charge in [-0.05, 0) is 27.7 Å². The molecule has 1 N–H and O–H groups in total. The lowest BCUT2D eigenvalue weighted by Gasteiger charge is -2.32. The van der Waals surface area contributed by atoms with Gasteiger partial charge < -0.3 is 14.2 Å². The molecule has 0 bridgehead atoms. The molecule has 0 amide bonds. The summed E-state index contributed by atoms with van der Waals surface area (Å²) in [6, 6.07) is 0.473. The molecule has 0 fully saturated rings. The second-order valence-corrected chi connectivity index (χ2v) is 7.91. The highest BCUT2D eigenvalue weighted by atomic mass is 32.2. The highest BCUT2D eigenvalue weighted by molar-refractivity contribution is 8.13. The van der Waals surface area contributed by atoms with Crippen LogP contribution in [-0.2, 0) is 14.1 Å². The van der Waals surface area contributed by atoms with Crippen LogP contribution in [0.15, 0.2) is 0 Å². The molecule has 0 radical (unpaired) electrons.